The molecule has 8 heteroatoms. The van der Waals surface area contributed by atoms with Crippen LogP contribution < -0.4 is 10.2 Å². The van der Waals surface area contributed by atoms with Crippen LogP contribution in [0, 0.1) is 16.7 Å². The molecule has 202 valence electrons. The Bertz CT molecular complexity index is 1220. The van der Waals surface area contributed by atoms with Gasteiger partial charge in [0.1, 0.15) is 11.5 Å². The van der Waals surface area contributed by atoms with Gasteiger partial charge >= 0.3 is 0 Å². The third-order valence-electron chi connectivity index (χ3n) is 5.95. The Balaban J connectivity index is 0.000000757. The minimum Gasteiger partial charge on any atom is -0.355 e. The second-order valence-corrected chi connectivity index (χ2v) is 9.65. The van der Waals surface area contributed by atoms with Crippen LogP contribution in [0.1, 0.15) is 50.7 Å². The van der Waals surface area contributed by atoms with Gasteiger partial charge in [0, 0.05) is 48.3 Å². The molecule has 0 saturated heterocycles. The lowest BCUT2D eigenvalue weighted by atomic mass is 10.1. The average molecular weight is 516 g/mol. The van der Waals surface area contributed by atoms with E-state index in [0.717, 1.165) is 30.9 Å². The van der Waals surface area contributed by atoms with Gasteiger partial charge in [-0.15, -0.1) is 0 Å². The number of hydrogen-bond acceptors (Lipinski definition) is 7. The standard InChI is InChI=1S/C25H30N6O.C5H11N/c1-5-31(16-15-30(3)4)23-17-22(27-24(29-23)19-11-7-6-8-12-19)25(32)28-21-14-10-9-13-20(21)18(2)26;1-4(2)5(3)6/h6-14,17,26H,5,15-16H2,1-4H3,(H,28,32);4,6H,1-3H3. The fourth-order valence-corrected chi connectivity index (χ4v) is 3.29. The van der Waals surface area contributed by atoms with Crippen LogP contribution in [0.25, 0.3) is 11.4 Å². The van der Waals surface area contributed by atoms with E-state index in [-0.39, 0.29) is 11.6 Å². The lowest BCUT2D eigenvalue weighted by molar-refractivity contribution is 0.102. The van der Waals surface area contributed by atoms with Gasteiger partial charge in [0.25, 0.3) is 5.91 Å². The molecule has 0 aliphatic heterocycles. The quantitative estimate of drug-likeness (QED) is 0.293. The molecular weight excluding hydrogens is 474 g/mol. The van der Waals surface area contributed by atoms with Crippen LogP contribution in [-0.2, 0) is 0 Å². The van der Waals surface area contributed by atoms with E-state index < -0.39 is 0 Å². The van der Waals surface area contributed by atoms with Crippen LogP contribution >= 0.6 is 0 Å². The molecule has 0 aliphatic rings. The van der Waals surface area contributed by atoms with Gasteiger partial charge in [-0.3, -0.25) is 4.79 Å². The summed E-state index contributed by atoms with van der Waals surface area (Å²) in [5, 5.41) is 17.9. The molecule has 1 aromatic heterocycles. The zero-order valence-corrected chi connectivity index (χ0v) is 23.7. The van der Waals surface area contributed by atoms with Crippen LogP contribution in [0.15, 0.2) is 60.7 Å². The number of likely N-dealkylation sites (N-methyl/N-ethyl adjacent to an activating group) is 2. The Labute approximate surface area is 227 Å². The van der Waals surface area contributed by atoms with Crippen molar-refractivity contribution in [1.29, 1.82) is 10.8 Å². The molecule has 3 rings (SSSR count). The highest BCUT2D eigenvalue weighted by Crippen LogP contribution is 2.22. The van der Waals surface area contributed by atoms with Crippen molar-refractivity contribution in [2.75, 3.05) is 43.9 Å². The summed E-state index contributed by atoms with van der Waals surface area (Å²) in [5.74, 6) is 1.33. The van der Waals surface area contributed by atoms with E-state index >= 15 is 0 Å². The third-order valence-corrected chi connectivity index (χ3v) is 5.95. The molecule has 0 saturated carbocycles. The number of rotatable bonds is 10. The molecule has 38 heavy (non-hydrogen) atoms. The van der Waals surface area contributed by atoms with Gasteiger partial charge in [0.05, 0.1) is 5.69 Å². The topological polar surface area (TPSA) is 109 Å². The molecule has 3 aromatic rings. The molecule has 0 fully saturated rings. The molecule has 0 atom stereocenters. The maximum absolute atomic E-state index is 13.2. The number of nitrogens with zero attached hydrogens (tertiary/aromatic N) is 4. The molecule has 2 aromatic carbocycles. The number of nitrogens with one attached hydrogen (secondary N) is 3. The summed E-state index contributed by atoms with van der Waals surface area (Å²) in [6, 6.07) is 18.7. The number of aromatic nitrogens is 2. The predicted molar refractivity (Wildman–Crippen MR) is 159 cm³/mol. The zero-order valence-electron chi connectivity index (χ0n) is 23.7. The first-order valence-electron chi connectivity index (χ1n) is 12.9. The largest absolute Gasteiger partial charge is 0.355 e. The number of hydrogen-bond donors (Lipinski definition) is 3. The van der Waals surface area contributed by atoms with Crippen molar-refractivity contribution in [3.8, 4) is 11.4 Å². The van der Waals surface area contributed by atoms with Crippen LogP contribution in [0.5, 0.6) is 0 Å². The summed E-state index contributed by atoms with van der Waals surface area (Å²) in [7, 11) is 4.07. The van der Waals surface area contributed by atoms with Crippen molar-refractivity contribution in [2.45, 2.75) is 34.6 Å². The monoisotopic (exact) mass is 515 g/mol. The van der Waals surface area contributed by atoms with Gasteiger partial charge in [0.15, 0.2) is 5.82 Å². The molecule has 1 amide bonds. The number of para-hydroxylation sites is 1. The van der Waals surface area contributed by atoms with Gasteiger partial charge in [-0.25, -0.2) is 9.97 Å². The lowest BCUT2D eigenvalue weighted by Crippen LogP contribution is -2.32. The SMILES string of the molecule is CC(=N)C(C)C.CCN(CCN(C)C)c1cc(C(=O)Nc2ccccc2C(C)=N)nc(-c2ccccc2)n1. The highest BCUT2D eigenvalue weighted by atomic mass is 16.1. The van der Waals surface area contributed by atoms with E-state index in [0.29, 0.717) is 34.5 Å². The number of anilines is 2. The minimum atomic E-state index is -0.330. The van der Waals surface area contributed by atoms with Crippen molar-refractivity contribution in [3.63, 3.8) is 0 Å². The van der Waals surface area contributed by atoms with E-state index in [1.165, 1.54) is 0 Å². The Morgan fingerprint density at radius 3 is 2.11 bits per heavy atom. The Kier molecular flexibility index (Phi) is 11.8. The molecule has 0 radical (unpaired) electrons. The number of amides is 1. The summed E-state index contributed by atoms with van der Waals surface area (Å²) in [5.41, 5.74) is 3.55. The summed E-state index contributed by atoms with van der Waals surface area (Å²) >= 11 is 0. The molecule has 3 N–H and O–H groups in total. The van der Waals surface area contributed by atoms with E-state index in [1.807, 2.05) is 83.4 Å². The molecule has 0 spiro atoms. The van der Waals surface area contributed by atoms with Gasteiger partial charge in [0.2, 0.25) is 0 Å². The van der Waals surface area contributed by atoms with Gasteiger partial charge in [-0.1, -0.05) is 62.4 Å². The van der Waals surface area contributed by atoms with E-state index in [2.05, 4.69) is 27.0 Å². The second kappa shape index (κ2) is 14.7. The molecule has 8 nitrogen and oxygen atoms in total. The van der Waals surface area contributed by atoms with Crippen molar-refractivity contribution in [2.24, 2.45) is 5.92 Å². The van der Waals surface area contributed by atoms with E-state index in [9.17, 15) is 4.79 Å². The summed E-state index contributed by atoms with van der Waals surface area (Å²) in [6.45, 7) is 12.0. The fraction of sp³-hybridized carbons (Fsp3) is 0.367. The Morgan fingerprint density at radius 1 is 0.947 bits per heavy atom. The molecule has 0 unspecified atom stereocenters. The van der Waals surface area contributed by atoms with Crippen molar-refractivity contribution in [1.82, 2.24) is 14.9 Å². The average Bonchev–Trinajstić information content (AvgIpc) is 2.89. The normalized spacial score (nSPS) is 10.6. The summed E-state index contributed by atoms with van der Waals surface area (Å²) in [4.78, 5) is 26.8. The van der Waals surface area contributed by atoms with Crippen LogP contribution in [0.4, 0.5) is 11.5 Å². The maximum Gasteiger partial charge on any atom is 0.274 e. The number of carbonyl (C=O) groups excluding carboxylic acids is 1. The first kappa shape index (κ1) is 30.3. The number of benzene rings is 2. The van der Waals surface area contributed by atoms with Gasteiger partial charge in [-0.2, -0.15) is 0 Å². The first-order valence-corrected chi connectivity index (χ1v) is 12.9. The maximum atomic E-state index is 13.2. The van der Waals surface area contributed by atoms with Crippen molar-refractivity contribution >= 4 is 28.8 Å². The Morgan fingerprint density at radius 2 is 1.55 bits per heavy atom. The highest BCUT2D eigenvalue weighted by Gasteiger charge is 2.17. The minimum absolute atomic E-state index is 0.287. The van der Waals surface area contributed by atoms with Crippen LogP contribution in [0.2, 0.25) is 0 Å². The molecule has 0 aliphatic carbocycles. The van der Waals surface area contributed by atoms with Crippen molar-refractivity contribution in [3.05, 3.63) is 71.9 Å². The van der Waals surface area contributed by atoms with Crippen LogP contribution in [0.3, 0.4) is 0 Å². The lowest BCUT2D eigenvalue weighted by Gasteiger charge is -2.24. The van der Waals surface area contributed by atoms with Crippen LogP contribution in [-0.4, -0.2) is 65.9 Å². The summed E-state index contributed by atoms with van der Waals surface area (Å²) in [6.07, 6.45) is 0. The molecular formula is C30H41N7O. The predicted octanol–water partition coefficient (Wildman–Crippen LogP) is 5.85. The third kappa shape index (κ3) is 9.19. The van der Waals surface area contributed by atoms with Gasteiger partial charge < -0.3 is 25.9 Å². The van der Waals surface area contributed by atoms with E-state index in [1.54, 1.807) is 19.1 Å². The first-order chi connectivity index (χ1) is 18.0. The summed E-state index contributed by atoms with van der Waals surface area (Å²) < 4.78 is 0. The number of carbonyl (C=O) groups is 1. The van der Waals surface area contributed by atoms with Gasteiger partial charge in [-0.05, 0) is 46.9 Å². The molecule has 1 heterocycles. The zero-order chi connectivity index (χ0) is 28.2. The van der Waals surface area contributed by atoms with Crippen molar-refractivity contribution < 1.29 is 4.79 Å². The highest BCUT2D eigenvalue weighted by molar-refractivity contribution is 6.09. The van der Waals surface area contributed by atoms with E-state index in [4.69, 9.17) is 15.8 Å². The Hall–Kier alpha value is -3.91. The molecule has 0 bridgehead atoms. The fourth-order valence-electron chi connectivity index (χ4n) is 3.29. The smallest absolute Gasteiger partial charge is 0.274 e. The second-order valence-electron chi connectivity index (χ2n) is 9.65.